The second kappa shape index (κ2) is 7.55. The largest absolute Gasteiger partial charge is 0.497 e. The molecule has 0 radical (unpaired) electrons. The standard InChI is InChI=1S/C17H21NO3/c1-13(18)14-3-5-16(6-4-14)20-11-12-21-17-9-7-15(19-2)8-10-17/h3-10,13H,11-12,18H2,1-2H3. The highest BCUT2D eigenvalue weighted by atomic mass is 16.5. The molecule has 4 nitrogen and oxygen atoms in total. The summed E-state index contributed by atoms with van der Waals surface area (Å²) in [5.41, 5.74) is 6.90. The fourth-order valence-electron chi connectivity index (χ4n) is 1.86. The van der Waals surface area contributed by atoms with Crippen molar-refractivity contribution in [1.29, 1.82) is 0 Å². The van der Waals surface area contributed by atoms with Crippen LogP contribution in [0.2, 0.25) is 0 Å². The van der Waals surface area contributed by atoms with Gasteiger partial charge in [-0.15, -0.1) is 0 Å². The Morgan fingerprint density at radius 3 is 1.67 bits per heavy atom. The lowest BCUT2D eigenvalue weighted by atomic mass is 10.1. The van der Waals surface area contributed by atoms with E-state index in [2.05, 4.69) is 0 Å². The Balaban J connectivity index is 1.73. The molecule has 0 heterocycles. The van der Waals surface area contributed by atoms with Crippen molar-refractivity contribution in [3.63, 3.8) is 0 Å². The number of rotatable bonds is 7. The van der Waals surface area contributed by atoms with Gasteiger partial charge in [0.15, 0.2) is 0 Å². The second-order valence-corrected chi connectivity index (χ2v) is 4.73. The predicted octanol–water partition coefficient (Wildman–Crippen LogP) is 3.17. The van der Waals surface area contributed by atoms with Crippen LogP contribution in [0.1, 0.15) is 18.5 Å². The molecule has 112 valence electrons. The predicted molar refractivity (Wildman–Crippen MR) is 83.0 cm³/mol. The van der Waals surface area contributed by atoms with Crippen LogP contribution in [0.15, 0.2) is 48.5 Å². The highest BCUT2D eigenvalue weighted by Crippen LogP contribution is 2.18. The van der Waals surface area contributed by atoms with Crippen LogP contribution < -0.4 is 19.9 Å². The van der Waals surface area contributed by atoms with Crippen molar-refractivity contribution in [2.45, 2.75) is 13.0 Å². The van der Waals surface area contributed by atoms with Crippen molar-refractivity contribution in [2.24, 2.45) is 5.73 Å². The first kappa shape index (κ1) is 15.2. The van der Waals surface area contributed by atoms with Crippen LogP contribution >= 0.6 is 0 Å². The smallest absolute Gasteiger partial charge is 0.122 e. The fraction of sp³-hybridized carbons (Fsp3) is 0.294. The van der Waals surface area contributed by atoms with Crippen LogP contribution in [0.25, 0.3) is 0 Å². The SMILES string of the molecule is COc1ccc(OCCOc2ccc(C(C)N)cc2)cc1. The monoisotopic (exact) mass is 287 g/mol. The fourth-order valence-corrected chi connectivity index (χ4v) is 1.86. The highest BCUT2D eigenvalue weighted by Gasteiger charge is 2.00. The summed E-state index contributed by atoms with van der Waals surface area (Å²) in [6, 6.07) is 15.3. The van der Waals surface area contributed by atoms with Gasteiger partial charge in [-0.05, 0) is 48.9 Å². The van der Waals surface area contributed by atoms with Gasteiger partial charge in [-0.2, -0.15) is 0 Å². The molecule has 1 unspecified atom stereocenters. The lowest BCUT2D eigenvalue weighted by Gasteiger charge is -2.10. The Bertz CT molecular complexity index is 535. The summed E-state index contributed by atoms with van der Waals surface area (Å²) in [6.45, 7) is 2.93. The van der Waals surface area contributed by atoms with E-state index >= 15 is 0 Å². The maximum Gasteiger partial charge on any atom is 0.122 e. The molecule has 0 fully saturated rings. The Morgan fingerprint density at radius 2 is 1.24 bits per heavy atom. The molecule has 21 heavy (non-hydrogen) atoms. The van der Waals surface area contributed by atoms with E-state index in [-0.39, 0.29) is 6.04 Å². The van der Waals surface area contributed by atoms with Crippen molar-refractivity contribution < 1.29 is 14.2 Å². The van der Waals surface area contributed by atoms with Gasteiger partial charge < -0.3 is 19.9 Å². The maximum atomic E-state index is 5.80. The summed E-state index contributed by atoms with van der Waals surface area (Å²) in [4.78, 5) is 0. The molecular formula is C17H21NO3. The molecule has 2 aromatic rings. The number of benzene rings is 2. The average molecular weight is 287 g/mol. The second-order valence-electron chi connectivity index (χ2n) is 4.73. The number of methoxy groups -OCH3 is 1. The maximum absolute atomic E-state index is 5.80. The minimum absolute atomic E-state index is 0.0393. The molecule has 0 bridgehead atoms. The normalized spacial score (nSPS) is 11.8. The van der Waals surface area contributed by atoms with Crippen LogP contribution in [-0.2, 0) is 0 Å². The molecule has 0 aliphatic heterocycles. The average Bonchev–Trinajstić information content (AvgIpc) is 2.52. The van der Waals surface area contributed by atoms with E-state index in [0.717, 1.165) is 22.8 Å². The molecule has 1 atom stereocenters. The summed E-state index contributed by atoms with van der Waals surface area (Å²) >= 11 is 0. The Kier molecular flexibility index (Phi) is 5.46. The quantitative estimate of drug-likeness (QED) is 0.795. The zero-order valence-electron chi connectivity index (χ0n) is 12.4. The zero-order chi connectivity index (χ0) is 15.1. The number of hydrogen-bond acceptors (Lipinski definition) is 4. The minimum atomic E-state index is 0.0393. The van der Waals surface area contributed by atoms with Crippen molar-refractivity contribution in [2.75, 3.05) is 20.3 Å². The van der Waals surface area contributed by atoms with E-state index in [9.17, 15) is 0 Å². The molecule has 2 N–H and O–H groups in total. The van der Waals surface area contributed by atoms with Gasteiger partial charge in [0.05, 0.1) is 7.11 Å². The molecule has 0 aliphatic rings. The van der Waals surface area contributed by atoms with Crippen molar-refractivity contribution >= 4 is 0 Å². The van der Waals surface area contributed by atoms with E-state index < -0.39 is 0 Å². The summed E-state index contributed by atoms with van der Waals surface area (Å²) in [5.74, 6) is 2.43. The van der Waals surface area contributed by atoms with Crippen LogP contribution in [0, 0.1) is 0 Å². The van der Waals surface area contributed by atoms with Gasteiger partial charge >= 0.3 is 0 Å². The number of ether oxygens (including phenoxy) is 3. The zero-order valence-corrected chi connectivity index (χ0v) is 12.4. The third-order valence-electron chi connectivity index (χ3n) is 3.09. The molecule has 4 heteroatoms. The molecule has 0 amide bonds. The molecule has 0 aliphatic carbocycles. The molecular weight excluding hydrogens is 266 g/mol. The van der Waals surface area contributed by atoms with Crippen molar-refractivity contribution in [3.05, 3.63) is 54.1 Å². The van der Waals surface area contributed by atoms with Gasteiger partial charge in [0, 0.05) is 6.04 Å². The first-order chi connectivity index (χ1) is 10.2. The van der Waals surface area contributed by atoms with Crippen LogP contribution in [0.3, 0.4) is 0 Å². The number of nitrogens with two attached hydrogens (primary N) is 1. The van der Waals surface area contributed by atoms with E-state index in [4.69, 9.17) is 19.9 Å². The van der Waals surface area contributed by atoms with Gasteiger partial charge in [0.25, 0.3) is 0 Å². The van der Waals surface area contributed by atoms with Crippen molar-refractivity contribution in [1.82, 2.24) is 0 Å². The molecule has 0 saturated carbocycles. The third kappa shape index (κ3) is 4.68. The van der Waals surface area contributed by atoms with Gasteiger partial charge in [-0.25, -0.2) is 0 Å². The van der Waals surface area contributed by atoms with Gasteiger partial charge in [-0.3, -0.25) is 0 Å². The van der Waals surface area contributed by atoms with Gasteiger partial charge in [0.1, 0.15) is 30.5 Å². The van der Waals surface area contributed by atoms with Gasteiger partial charge in [-0.1, -0.05) is 12.1 Å². The topological polar surface area (TPSA) is 53.7 Å². The molecule has 2 rings (SSSR count). The lowest BCUT2D eigenvalue weighted by molar-refractivity contribution is 0.217. The van der Waals surface area contributed by atoms with E-state index in [1.54, 1.807) is 7.11 Å². The Hall–Kier alpha value is -2.20. The molecule has 0 saturated heterocycles. The first-order valence-electron chi connectivity index (χ1n) is 6.94. The van der Waals surface area contributed by atoms with Crippen LogP contribution in [-0.4, -0.2) is 20.3 Å². The summed E-state index contributed by atoms with van der Waals surface area (Å²) < 4.78 is 16.3. The van der Waals surface area contributed by atoms with Gasteiger partial charge in [0.2, 0.25) is 0 Å². The van der Waals surface area contributed by atoms with Crippen molar-refractivity contribution in [3.8, 4) is 17.2 Å². The molecule has 0 spiro atoms. The summed E-state index contributed by atoms with van der Waals surface area (Å²) in [7, 11) is 1.64. The van der Waals surface area contributed by atoms with E-state index in [0.29, 0.717) is 13.2 Å². The van der Waals surface area contributed by atoms with Crippen LogP contribution in [0.5, 0.6) is 17.2 Å². The van der Waals surface area contributed by atoms with E-state index in [1.807, 2.05) is 55.5 Å². The third-order valence-corrected chi connectivity index (χ3v) is 3.09. The van der Waals surface area contributed by atoms with E-state index in [1.165, 1.54) is 0 Å². The highest BCUT2D eigenvalue weighted by molar-refractivity contribution is 5.31. The Labute approximate surface area is 125 Å². The summed E-state index contributed by atoms with van der Waals surface area (Å²) in [5, 5.41) is 0. The molecule has 2 aromatic carbocycles. The molecule has 0 aromatic heterocycles. The van der Waals surface area contributed by atoms with Crippen LogP contribution in [0.4, 0.5) is 0 Å². The lowest BCUT2D eigenvalue weighted by Crippen LogP contribution is -2.09. The number of hydrogen-bond donors (Lipinski definition) is 1. The minimum Gasteiger partial charge on any atom is -0.497 e. The Morgan fingerprint density at radius 1 is 0.810 bits per heavy atom. The summed E-state index contributed by atoms with van der Waals surface area (Å²) in [6.07, 6.45) is 0. The first-order valence-corrected chi connectivity index (χ1v) is 6.94.